The van der Waals surface area contributed by atoms with Gasteiger partial charge in [0, 0.05) is 18.8 Å². The van der Waals surface area contributed by atoms with Crippen LogP contribution >= 0.6 is 0 Å². The third-order valence-corrected chi connectivity index (χ3v) is 7.38. The fourth-order valence-electron chi connectivity index (χ4n) is 4.93. The number of aliphatic carboxylic acids is 1. The summed E-state index contributed by atoms with van der Waals surface area (Å²) in [4.78, 5) is 26.6. The van der Waals surface area contributed by atoms with Crippen molar-refractivity contribution in [1.82, 2.24) is 9.80 Å². The summed E-state index contributed by atoms with van der Waals surface area (Å²) in [6, 6.07) is 26.1. The number of carboxylic acid groups (broad SMARTS) is 1. The summed E-state index contributed by atoms with van der Waals surface area (Å²) >= 11 is 0. The number of likely N-dealkylation sites (tertiary alicyclic amines) is 1. The zero-order chi connectivity index (χ0) is 32.0. The number of alkyl halides is 3. The van der Waals surface area contributed by atoms with Gasteiger partial charge in [-0.05, 0) is 98.8 Å². The Bertz CT molecular complexity index is 1280. The quantitative estimate of drug-likeness (QED) is 0.249. The summed E-state index contributed by atoms with van der Waals surface area (Å²) in [7, 11) is 3.30. The number of rotatable bonds is 11. The Morgan fingerprint density at radius 3 is 1.95 bits per heavy atom. The van der Waals surface area contributed by atoms with Crippen LogP contribution in [0.1, 0.15) is 30.4 Å². The molecule has 0 saturated carbocycles. The van der Waals surface area contributed by atoms with Crippen molar-refractivity contribution in [2.45, 2.75) is 38.4 Å². The van der Waals surface area contributed by atoms with Gasteiger partial charge >= 0.3 is 18.2 Å². The molecule has 0 aliphatic carbocycles. The lowest BCUT2D eigenvalue weighted by atomic mass is 9.90. The maximum Gasteiger partial charge on any atom is 0.490 e. The van der Waals surface area contributed by atoms with Crippen LogP contribution in [0.2, 0.25) is 0 Å². The molecule has 2 amide bonds. The molecule has 1 saturated heterocycles. The number of benzene rings is 3. The van der Waals surface area contributed by atoms with Crippen molar-refractivity contribution in [1.29, 1.82) is 0 Å². The van der Waals surface area contributed by atoms with Crippen molar-refractivity contribution < 1.29 is 37.3 Å². The van der Waals surface area contributed by atoms with Gasteiger partial charge in [-0.15, -0.1) is 0 Å². The summed E-state index contributed by atoms with van der Waals surface area (Å²) in [5.41, 5.74) is 3.27. The monoisotopic (exact) mass is 615 g/mol. The number of hydrogen-bond acceptors (Lipinski definition) is 5. The second-order valence-electron chi connectivity index (χ2n) is 10.6. The molecule has 0 atom stereocenters. The Labute approximate surface area is 256 Å². The average Bonchev–Trinajstić information content (AvgIpc) is 3.02. The van der Waals surface area contributed by atoms with Crippen LogP contribution in [0.5, 0.6) is 11.5 Å². The third kappa shape index (κ3) is 11.8. The number of amides is 2. The van der Waals surface area contributed by atoms with Gasteiger partial charge in [-0.3, -0.25) is 0 Å². The number of nitrogens with one attached hydrogen (secondary N) is 1. The van der Waals surface area contributed by atoms with E-state index in [9.17, 15) is 18.0 Å². The predicted molar refractivity (Wildman–Crippen MR) is 163 cm³/mol. The predicted octanol–water partition coefficient (Wildman–Crippen LogP) is 6.72. The fraction of sp³-hybridized carbons (Fsp3) is 0.394. The Morgan fingerprint density at radius 2 is 1.43 bits per heavy atom. The van der Waals surface area contributed by atoms with Gasteiger partial charge in [0.05, 0.1) is 14.2 Å². The summed E-state index contributed by atoms with van der Waals surface area (Å²) < 4.78 is 42.2. The first kappa shape index (κ1) is 34.2. The summed E-state index contributed by atoms with van der Waals surface area (Å²) in [5, 5.41) is 10.2. The van der Waals surface area contributed by atoms with E-state index < -0.39 is 12.1 Å². The second kappa shape index (κ2) is 17.1. The number of piperidine rings is 1. The smallest absolute Gasteiger partial charge is 0.490 e. The molecule has 238 valence electrons. The van der Waals surface area contributed by atoms with E-state index in [0.29, 0.717) is 13.1 Å². The van der Waals surface area contributed by atoms with Gasteiger partial charge in [0.2, 0.25) is 0 Å². The highest BCUT2D eigenvalue weighted by atomic mass is 19.4. The summed E-state index contributed by atoms with van der Waals surface area (Å²) in [6.07, 6.45) is -0.490. The molecule has 1 heterocycles. The molecule has 11 heteroatoms. The number of carbonyl (C=O) groups is 2. The highest BCUT2D eigenvalue weighted by molar-refractivity contribution is 5.89. The van der Waals surface area contributed by atoms with E-state index in [0.717, 1.165) is 54.7 Å². The van der Waals surface area contributed by atoms with Gasteiger partial charge in [-0.25, -0.2) is 9.59 Å². The Balaban J connectivity index is 0.000000676. The highest BCUT2D eigenvalue weighted by Crippen LogP contribution is 2.22. The molecular weight excluding hydrogens is 575 g/mol. The largest absolute Gasteiger partial charge is 0.497 e. The van der Waals surface area contributed by atoms with E-state index in [2.05, 4.69) is 40.5 Å². The van der Waals surface area contributed by atoms with E-state index in [1.54, 1.807) is 14.2 Å². The number of nitrogens with zero attached hydrogens (tertiary/aromatic N) is 2. The number of ether oxygens (including phenoxy) is 2. The first-order valence-electron chi connectivity index (χ1n) is 14.5. The highest BCUT2D eigenvalue weighted by Gasteiger charge is 2.38. The lowest BCUT2D eigenvalue weighted by molar-refractivity contribution is -0.192. The molecule has 1 aliphatic heterocycles. The van der Waals surface area contributed by atoms with Crippen LogP contribution in [-0.4, -0.2) is 73.5 Å². The van der Waals surface area contributed by atoms with Crippen LogP contribution in [0.3, 0.4) is 0 Å². The minimum Gasteiger partial charge on any atom is -0.497 e. The maximum atomic E-state index is 13.2. The normalized spacial score (nSPS) is 13.8. The summed E-state index contributed by atoms with van der Waals surface area (Å²) in [5.74, 6) is -0.415. The Kier molecular flexibility index (Phi) is 13.3. The lowest BCUT2D eigenvalue weighted by Crippen LogP contribution is -2.39. The van der Waals surface area contributed by atoms with Gasteiger partial charge < -0.3 is 29.7 Å². The van der Waals surface area contributed by atoms with E-state index in [4.69, 9.17) is 19.4 Å². The van der Waals surface area contributed by atoms with E-state index in [1.165, 1.54) is 24.8 Å². The Morgan fingerprint density at radius 1 is 0.886 bits per heavy atom. The first-order chi connectivity index (χ1) is 21.1. The number of carbonyl (C=O) groups excluding carboxylic acids is 1. The average molecular weight is 616 g/mol. The fourth-order valence-corrected chi connectivity index (χ4v) is 4.93. The van der Waals surface area contributed by atoms with Gasteiger partial charge in [0.1, 0.15) is 11.5 Å². The van der Waals surface area contributed by atoms with Crippen LogP contribution < -0.4 is 14.8 Å². The van der Waals surface area contributed by atoms with Crippen LogP contribution in [-0.2, 0) is 17.8 Å². The maximum absolute atomic E-state index is 13.2. The van der Waals surface area contributed by atoms with Crippen molar-refractivity contribution in [2.24, 2.45) is 5.92 Å². The molecule has 3 aromatic carbocycles. The molecule has 0 spiro atoms. The van der Waals surface area contributed by atoms with Crippen LogP contribution in [0.15, 0.2) is 78.9 Å². The van der Waals surface area contributed by atoms with Crippen molar-refractivity contribution in [3.63, 3.8) is 0 Å². The molecule has 0 bridgehead atoms. The van der Waals surface area contributed by atoms with Gasteiger partial charge in [-0.2, -0.15) is 13.2 Å². The minimum absolute atomic E-state index is 0.0949. The van der Waals surface area contributed by atoms with Crippen molar-refractivity contribution in [3.8, 4) is 11.5 Å². The standard InChI is InChI=1S/C31H39N3O3.C2HF3O2/c1-36-29-13-9-27(10-14-29)24-34(31(35)32-28-11-15-30(37-2)16-12-28)20-6-19-33-21-17-26(18-22-33)23-25-7-4-3-5-8-25;3-2(4,5)1(6)7/h3-5,7-16,26H,6,17-24H2,1-2H3,(H,32,35);(H,6,7). The molecule has 1 fully saturated rings. The third-order valence-electron chi connectivity index (χ3n) is 7.38. The number of methoxy groups -OCH3 is 2. The molecule has 1 aliphatic rings. The molecule has 2 N–H and O–H groups in total. The zero-order valence-electron chi connectivity index (χ0n) is 25.1. The SMILES string of the molecule is COc1ccc(CN(CCCN2CCC(Cc3ccccc3)CC2)C(=O)Nc2ccc(OC)cc2)cc1.O=C(O)C(F)(F)F. The van der Waals surface area contributed by atoms with E-state index in [-0.39, 0.29) is 6.03 Å². The zero-order valence-corrected chi connectivity index (χ0v) is 25.1. The lowest BCUT2D eigenvalue weighted by Gasteiger charge is -2.32. The summed E-state index contributed by atoms with van der Waals surface area (Å²) in [6.45, 7) is 4.51. The number of carboxylic acids is 1. The molecule has 0 aromatic heterocycles. The Hall–Kier alpha value is -4.25. The molecular formula is C33H40F3N3O5. The molecule has 3 aromatic rings. The number of halogens is 3. The molecule has 44 heavy (non-hydrogen) atoms. The van der Waals surface area contributed by atoms with Crippen LogP contribution in [0.4, 0.5) is 23.7 Å². The number of urea groups is 1. The minimum atomic E-state index is -5.08. The molecule has 0 radical (unpaired) electrons. The van der Waals surface area contributed by atoms with E-state index in [1.807, 2.05) is 53.4 Å². The van der Waals surface area contributed by atoms with E-state index >= 15 is 0 Å². The molecule has 4 rings (SSSR count). The van der Waals surface area contributed by atoms with Crippen LogP contribution in [0, 0.1) is 5.92 Å². The first-order valence-corrected chi connectivity index (χ1v) is 14.5. The topological polar surface area (TPSA) is 91.3 Å². The molecule has 8 nitrogen and oxygen atoms in total. The second-order valence-corrected chi connectivity index (χ2v) is 10.6. The van der Waals surface area contributed by atoms with Gasteiger partial charge in [0.25, 0.3) is 0 Å². The van der Waals surface area contributed by atoms with Crippen molar-refractivity contribution >= 4 is 17.7 Å². The van der Waals surface area contributed by atoms with Gasteiger partial charge in [-0.1, -0.05) is 42.5 Å². The van der Waals surface area contributed by atoms with Gasteiger partial charge in [0.15, 0.2) is 0 Å². The van der Waals surface area contributed by atoms with Crippen molar-refractivity contribution in [3.05, 3.63) is 90.0 Å². The molecule has 0 unspecified atom stereocenters. The number of anilines is 1. The number of hydrogen-bond donors (Lipinski definition) is 2. The van der Waals surface area contributed by atoms with Crippen LogP contribution in [0.25, 0.3) is 0 Å². The van der Waals surface area contributed by atoms with Crippen molar-refractivity contribution in [2.75, 3.05) is 45.7 Å².